The summed E-state index contributed by atoms with van der Waals surface area (Å²) in [5.41, 5.74) is 0.391. The lowest BCUT2D eigenvalue weighted by molar-refractivity contribution is -0.0759. The summed E-state index contributed by atoms with van der Waals surface area (Å²) in [6.07, 6.45) is -1.14. The van der Waals surface area contributed by atoms with E-state index in [1.54, 1.807) is 12.1 Å². The Balaban J connectivity index is 1.84. The van der Waals surface area contributed by atoms with Crippen LogP contribution in [0.3, 0.4) is 0 Å². The minimum Gasteiger partial charge on any atom is -0.444 e. The molecular formula is C11H11Cl2NO4. The van der Waals surface area contributed by atoms with Crippen LogP contribution in [0.15, 0.2) is 18.2 Å². The molecule has 7 heteroatoms. The molecule has 0 saturated carbocycles. The molecule has 0 spiro atoms. The number of benzene rings is 1. The second-order valence-electron chi connectivity index (χ2n) is 3.52. The predicted molar refractivity (Wildman–Crippen MR) is 67.1 cm³/mol. The van der Waals surface area contributed by atoms with Crippen molar-refractivity contribution in [3.8, 4) is 0 Å². The molecule has 18 heavy (non-hydrogen) atoms. The molecule has 0 atom stereocenters. The molecule has 0 bridgehead atoms. The molecule has 1 heterocycles. The third-order valence-corrected chi connectivity index (χ3v) is 2.77. The molecule has 1 N–H and O–H groups in total. The Labute approximate surface area is 114 Å². The number of carbonyl (C=O) groups is 1. The SMILES string of the molecule is O=C(Nc1cc(Cl)ccc1Cl)OCC1OCCO1. The van der Waals surface area contributed by atoms with E-state index in [1.807, 2.05) is 0 Å². The lowest BCUT2D eigenvalue weighted by Crippen LogP contribution is -2.22. The molecule has 0 aliphatic carbocycles. The van der Waals surface area contributed by atoms with Crippen LogP contribution in [0.1, 0.15) is 0 Å². The average Bonchev–Trinajstić information content (AvgIpc) is 2.84. The molecule has 1 saturated heterocycles. The molecule has 0 unspecified atom stereocenters. The van der Waals surface area contributed by atoms with Gasteiger partial charge in [0.1, 0.15) is 6.61 Å². The van der Waals surface area contributed by atoms with Gasteiger partial charge in [-0.25, -0.2) is 4.79 Å². The Hall–Kier alpha value is -1.01. The van der Waals surface area contributed by atoms with Crippen LogP contribution in [0.25, 0.3) is 0 Å². The summed E-state index contributed by atoms with van der Waals surface area (Å²) in [4.78, 5) is 11.5. The summed E-state index contributed by atoms with van der Waals surface area (Å²) in [6, 6.07) is 4.75. The maximum Gasteiger partial charge on any atom is 0.411 e. The van der Waals surface area contributed by atoms with Crippen molar-refractivity contribution in [3.63, 3.8) is 0 Å². The van der Waals surface area contributed by atoms with E-state index in [2.05, 4.69) is 5.32 Å². The zero-order chi connectivity index (χ0) is 13.0. The van der Waals surface area contributed by atoms with E-state index in [-0.39, 0.29) is 6.61 Å². The molecule has 1 aliphatic rings. The largest absolute Gasteiger partial charge is 0.444 e. The average molecular weight is 292 g/mol. The number of ether oxygens (including phenoxy) is 3. The van der Waals surface area contributed by atoms with Crippen LogP contribution in [-0.2, 0) is 14.2 Å². The van der Waals surface area contributed by atoms with Gasteiger partial charge in [-0.1, -0.05) is 23.2 Å². The van der Waals surface area contributed by atoms with Gasteiger partial charge < -0.3 is 14.2 Å². The maximum atomic E-state index is 11.5. The van der Waals surface area contributed by atoms with E-state index in [9.17, 15) is 4.79 Å². The first-order valence-corrected chi connectivity index (χ1v) is 6.03. The smallest absolute Gasteiger partial charge is 0.411 e. The second-order valence-corrected chi connectivity index (χ2v) is 4.36. The molecule has 98 valence electrons. The standard InChI is InChI=1S/C11H11Cl2NO4/c12-7-1-2-8(13)9(5-7)14-11(15)18-6-10-16-3-4-17-10/h1-2,5,10H,3-4,6H2,(H,14,15). The van der Waals surface area contributed by atoms with Crippen LogP contribution >= 0.6 is 23.2 Å². The van der Waals surface area contributed by atoms with Crippen LogP contribution in [0.2, 0.25) is 10.0 Å². The second kappa shape index (κ2) is 6.24. The van der Waals surface area contributed by atoms with Gasteiger partial charge in [0.05, 0.1) is 23.9 Å². The highest BCUT2D eigenvalue weighted by Crippen LogP contribution is 2.25. The van der Waals surface area contributed by atoms with Gasteiger partial charge in [0, 0.05) is 5.02 Å². The lowest BCUT2D eigenvalue weighted by atomic mass is 10.3. The Bertz CT molecular complexity index is 435. The molecule has 1 aromatic carbocycles. The van der Waals surface area contributed by atoms with Crippen LogP contribution in [0.4, 0.5) is 10.5 Å². The molecule has 1 aromatic rings. The molecule has 1 aliphatic heterocycles. The van der Waals surface area contributed by atoms with Crippen molar-refractivity contribution in [1.29, 1.82) is 0 Å². The highest BCUT2D eigenvalue weighted by molar-refractivity contribution is 6.35. The van der Waals surface area contributed by atoms with Crippen molar-refractivity contribution < 1.29 is 19.0 Å². The van der Waals surface area contributed by atoms with Crippen molar-refractivity contribution in [1.82, 2.24) is 0 Å². The van der Waals surface area contributed by atoms with Gasteiger partial charge in [-0.2, -0.15) is 0 Å². The number of hydrogen-bond acceptors (Lipinski definition) is 4. The van der Waals surface area contributed by atoms with E-state index in [0.29, 0.717) is 28.9 Å². The quantitative estimate of drug-likeness (QED) is 0.930. The van der Waals surface area contributed by atoms with E-state index in [4.69, 9.17) is 37.4 Å². The van der Waals surface area contributed by atoms with E-state index in [1.165, 1.54) is 6.07 Å². The molecule has 0 aromatic heterocycles. The molecular weight excluding hydrogens is 281 g/mol. The number of anilines is 1. The fraction of sp³-hybridized carbons (Fsp3) is 0.364. The molecule has 5 nitrogen and oxygen atoms in total. The fourth-order valence-electron chi connectivity index (χ4n) is 1.39. The zero-order valence-corrected chi connectivity index (χ0v) is 10.8. The molecule has 2 rings (SSSR count). The molecule has 0 radical (unpaired) electrons. The van der Waals surface area contributed by atoms with Gasteiger partial charge in [0.25, 0.3) is 0 Å². The van der Waals surface area contributed by atoms with Crippen LogP contribution in [0.5, 0.6) is 0 Å². The Morgan fingerprint density at radius 3 is 2.83 bits per heavy atom. The molecule has 1 amide bonds. The molecule has 1 fully saturated rings. The number of nitrogens with one attached hydrogen (secondary N) is 1. The first-order chi connectivity index (χ1) is 8.65. The van der Waals surface area contributed by atoms with Crippen molar-refractivity contribution in [3.05, 3.63) is 28.2 Å². The van der Waals surface area contributed by atoms with Crippen LogP contribution in [0, 0.1) is 0 Å². The van der Waals surface area contributed by atoms with Gasteiger partial charge >= 0.3 is 6.09 Å². The summed E-state index contributed by atoms with van der Waals surface area (Å²) < 4.78 is 15.2. The van der Waals surface area contributed by atoms with Crippen molar-refractivity contribution in [2.45, 2.75) is 6.29 Å². The van der Waals surface area contributed by atoms with Gasteiger partial charge in [-0.05, 0) is 18.2 Å². The summed E-state index contributed by atoms with van der Waals surface area (Å²) >= 11 is 11.7. The summed E-state index contributed by atoms with van der Waals surface area (Å²) in [6.45, 7) is 1.05. The predicted octanol–water partition coefficient (Wildman–Crippen LogP) is 2.91. The van der Waals surface area contributed by atoms with E-state index in [0.717, 1.165) is 0 Å². The first-order valence-electron chi connectivity index (χ1n) is 5.27. The topological polar surface area (TPSA) is 56.8 Å². The summed E-state index contributed by atoms with van der Waals surface area (Å²) in [7, 11) is 0. The van der Waals surface area contributed by atoms with Gasteiger partial charge in [-0.3, -0.25) is 5.32 Å². The van der Waals surface area contributed by atoms with Gasteiger partial charge in [0.2, 0.25) is 0 Å². The lowest BCUT2D eigenvalue weighted by Gasteiger charge is -2.11. The minimum absolute atomic E-state index is 0.0318. The highest BCUT2D eigenvalue weighted by Gasteiger charge is 2.18. The van der Waals surface area contributed by atoms with Crippen molar-refractivity contribution in [2.75, 3.05) is 25.1 Å². The number of amides is 1. The van der Waals surface area contributed by atoms with E-state index < -0.39 is 12.4 Å². The normalized spacial score (nSPS) is 15.7. The number of rotatable bonds is 3. The Kier molecular flexibility index (Phi) is 4.66. The van der Waals surface area contributed by atoms with Crippen molar-refractivity contribution in [2.24, 2.45) is 0 Å². The monoisotopic (exact) mass is 291 g/mol. The van der Waals surface area contributed by atoms with E-state index >= 15 is 0 Å². The highest BCUT2D eigenvalue weighted by atomic mass is 35.5. The Morgan fingerprint density at radius 2 is 2.11 bits per heavy atom. The fourth-order valence-corrected chi connectivity index (χ4v) is 1.72. The minimum atomic E-state index is -0.640. The number of halogens is 2. The van der Waals surface area contributed by atoms with Crippen LogP contribution in [-0.4, -0.2) is 32.2 Å². The summed E-state index contributed by atoms with van der Waals surface area (Å²) in [5.74, 6) is 0. The maximum absolute atomic E-state index is 11.5. The number of hydrogen-bond donors (Lipinski definition) is 1. The summed E-state index contributed by atoms with van der Waals surface area (Å²) in [5, 5.41) is 3.34. The Morgan fingerprint density at radius 1 is 1.39 bits per heavy atom. The van der Waals surface area contributed by atoms with Gasteiger partial charge in [-0.15, -0.1) is 0 Å². The first kappa shape index (κ1) is 13.4. The third-order valence-electron chi connectivity index (χ3n) is 2.21. The third kappa shape index (κ3) is 3.74. The zero-order valence-electron chi connectivity index (χ0n) is 9.32. The van der Waals surface area contributed by atoms with Crippen LogP contribution < -0.4 is 5.32 Å². The van der Waals surface area contributed by atoms with Gasteiger partial charge in [0.15, 0.2) is 6.29 Å². The number of carbonyl (C=O) groups excluding carboxylic acids is 1. The van der Waals surface area contributed by atoms with Crippen molar-refractivity contribution >= 4 is 35.0 Å².